The van der Waals surface area contributed by atoms with Crippen LogP contribution in [0.4, 0.5) is 0 Å². The number of thiophene rings is 2. The Hall–Kier alpha value is -7.28. The summed E-state index contributed by atoms with van der Waals surface area (Å²) in [5.41, 5.74) is 1.85. The average molecular weight is 945 g/mol. The van der Waals surface area contributed by atoms with Crippen LogP contribution in [0.25, 0.3) is 24.3 Å². The van der Waals surface area contributed by atoms with E-state index in [0.29, 0.717) is 0 Å². The van der Waals surface area contributed by atoms with E-state index >= 15 is 0 Å². The SMILES string of the molecule is C/C=C/c1ccccn1.C/C=C/c1ccco1.C/C=C/c1cccs1.C/C=C/c1nccs1.CC#Cc1ccccn1.CC#Cc1ccco1.CC#Cc1cccs1.CC#Cc1nccs1. The second-order valence-electron chi connectivity index (χ2n) is 11.7. The minimum Gasteiger partial charge on any atom is -0.465 e. The number of aromatic nitrogens is 4. The summed E-state index contributed by atoms with van der Waals surface area (Å²) in [6.45, 7) is 15.2. The lowest BCUT2D eigenvalue weighted by Gasteiger charge is -1.86. The quantitative estimate of drug-likeness (QED) is 0.164. The third-order valence-electron chi connectivity index (χ3n) is 6.66. The van der Waals surface area contributed by atoms with Gasteiger partial charge in [-0.25, -0.2) is 15.0 Å². The highest BCUT2D eigenvalue weighted by Gasteiger charge is 1.86. The maximum absolute atomic E-state index is 4.99. The molecule has 0 radical (unpaired) electrons. The van der Waals surface area contributed by atoms with Crippen LogP contribution in [0.15, 0.2) is 177 Å². The van der Waals surface area contributed by atoms with E-state index in [1.54, 1.807) is 103 Å². The Morgan fingerprint density at radius 2 is 1.11 bits per heavy atom. The Morgan fingerprint density at radius 3 is 1.61 bits per heavy atom. The Labute approximate surface area is 409 Å². The van der Waals surface area contributed by atoms with Crippen LogP contribution in [-0.4, -0.2) is 19.9 Å². The van der Waals surface area contributed by atoms with Gasteiger partial charge in [-0.3, -0.25) is 4.98 Å². The van der Waals surface area contributed by atoms with Gasteiger partial charge in [0.1, 0.15) is 16.5 Å². The molecule has 66 heavy (non-hydrogen) atoms. The number of allylic oxidation sites excluding steroid dienone is 4. The van der Waals surface area contributed by atoms with Crippen LogP contribution in [0.1, 0.15) is 98.1 Å². The molecule has 8 aromatic rings. The smallest absolute Gasteiger partial charge is 0.176 e. The molecule has 8 aromatic heterocycles. The monoisotopic (exact) mass is 944 g/mol. The first-order valence-corrected chi connectivity index (χ1v) is 23.9. The van der Waals surface area contributed by atoms with Crippen LogP contribution < -0.4 is 0 Å². The van der Waals surface area contributed by atoms with Gasteiger partial charge in [0.15, 0.2) is 10.8 Å². The molecule has 6 nitrogen and oxygen atoms in total. The van der Waals surface area contributed by atoms with Crippen molar-refractivity contribution in [1.82, 2.24) is 19.9 Å². The third kappa shape index (κ3) is 31.5. The summed E-state index contributed by atoms with van der Waals surface area (Å²) in [5, 5.41) is 9.96. The molecule has 0 N–H and O–H groups in total. The number of rotatable bonds is 4. The van der Waals surface area contributed by atoms with E-state index in [0.717, 1.165) is 37.8 Å². The molecule has 0 aliphatic heterocycles. The maximum atomic E-state index is 4.99. The molecule has 0 aliphatic carbocycles. The van der Waals surface area contributed by atoms with Crippen molar-refractivity contribution in [2.45, 2.75) is 55.4 Å². The first-order chi connectivity index (χ1) is 32.5. The van der Waals surface area contributed by atoms with Crippen molar-refractivity contribution in [2.75, 3.05) is 0 Å². The van der Waals surface area contributed by atoms with Gasteiger partial charge < -0.3 is 8.83 Å². The Kier molecular flexibility index (Phi) is 35.9. The van der Waals surface area contributed by atoms with Crippen LogP contribution in [-0.2, 0) is 0 Å². The van der Waals surface area contributed by atoms with Gasteiger partial charge in [-0.2, -0.15) is 0 Å². The number of pyridine rings is 2. The average Bonchev–Trinajstić information content (AvgIpc) is 4.20. The van der Waals surface area contributed by atoms with E-state index in [-0.39, 0.29) is 0 Å². The molecular formula is C56H56N4O2S4. The van der Waals surface area contributed by atoms with Crippen LogP contribution >= 0.6 is 45.3 Å². The van der Waals surface area contributed by atoms with Crippen molar-refractivity contribution in [3.63, 3.8) is 0 Å². The lowest BCUT2D eigenvalue weighted by molar-refractivity contribution is 0.554. The number of hydrogen-bond donors (Lipinski definition) is 0. The number of furan rings is 2. The van der Waals surface area contributed by atoms with Crippen LogP contribution in [0.5, 0.6) is 0 Å². The van der Waals surface area contributed by atoms with E-state index in [1.165, 1.54) is 4.88 Å². The fourth-order valence-electron chi connectivity index (χ4n) is 4.11. The first-order valence-electron chi connectivity index (χ1n) is 20.4. The molecule has 0 bridgehead atoms. The summed E-state index contributed by atoms with van der Waals surface area (Å²) in [6.07, 6.45) is 26.3. The van der Waals surface area contributed by atoms with Gasteiger partial charge in [-0.05, 0) is 169 Å². The van der Waals surface area contributed by atoms with E-state index in [1.807, 2.05) is 166 Å². The van der Waals surface area contributed by atoms with Crippen molar-refractivity contribution in [1.29, 1.82) is 0 Å². The molecule has 8 heterocycles. The lowest BCUT2D eigenvalue weighted by atomic mass is 10.3. The normalized spacial score (nSPS) is 9.09. The molecule has 0 atom stereocenters. The summed E-state index contributed by atoms with van der Waals surface area (Å²) in [6, 6.07) is 27.2. The molecule has 0 saturated heterocycles. The van der Waals surface area contributed by atoms with Gasteiger partial charge >= 0.3 is 0 Å². The van der Waals surface area contributed by atoms with E-state index in [2.05, 4.69) is 90.9 Å². The van der Waals surface area contributed by atoms with E-state index in [4.69, 9.17) is 8.83 Å². The van der Waals surface area contributed by atoms with Crippen LogP contribution in [0.3, 0.4) is 0 Å². The molecule has 0 saturated carbocycles. The number of thiazole rings is 2. The topological polar surface area (TPSA) is 77.8 Å². The second-order valence-corrected chi connectivity index (χ2v) is 15.4. The van der Waals surface area contributed by atoms with Gasteiger partial charge in [-0.15, -0.1) is 51.3 Å². The fourth-order valence-corrected chi connectivity index (χ4v) is 6.55. The molecular weight excluding hydrogens is 889 g/mol. The standard InChI is InChI=1S/C8H9N.C8H7N.C7H8O.C7H6O.C7H8S.C7H6S.C6H7NS.C6H5NS/c2*1-2-5-8-6-3-4-7-9-8;4*1-2-4-7-5-3-6-8-7;2*1-2-3-6-7-4-5-8-6/h2-7H,1H3;3-4,6-7H,1H3;2-6H,1H3;3,5-6H,1H3;2-6H,1H3;3,5-6H,1H3;2-5H,1H3;4-5H,1H3/b5-2+;;4-2+;;4-2+;;3-2+;. The van der Waals surface area contributed by atoms with Gasteiger partial charge in [0.2, 0.25) is 0 Å². The molecule has 0 amide bonds. The zero-order valence-electron chi connectivity index (χ0n) is 38.7. The highest BCUT2D eigenvalue weighted by molar-refractivity contribution is 7.11. The van der Waals surface area contributed by atoms with Crippen molar-refractivity contribution < 1.29 is 8.83 Å². The Morgan fingerprint density at radius 1 is 0.455 bits per heavy atom. The fraction of sp³-hybridized carbons (Fsp3) is 0.143. The lowest BCUT2D eigenvalue weighted by Crippen LogP contribution is -1.76. The minimum absolute atomic E-state index is 0.729. The predicted octanol–water partition coefficient (Wildman–Crippen LogP) is 16.1. The third-order valence-corrected chi connectivity index (χ3v) is 9.71. The minimum atomic E-state index is 0.729. The van der Waals surface area contributed by atoms with Gasteiger partial charge in [0.05, 0.1) is 23.1 Å². The largest absolute Gasteiger partial charge is 0.465 e. The van der Waals surface area contributed by atoms with Crippen molar-refractivity contribution >= 4 is 69.7 Å². The van der Waals surface area contributed by atoms with Gasteiger partial charge in [-0.1, -0.05) is 72.3 Å². The molecule has 0 aliphatic rings. The van der Waals surface area contributed by atoms with Gasteiger partial charge in [0.25, 0.3) is 0 Å². The highest BCUT2D eigenvalue weighted by atomic mass is 32.1. The van der Waals surface area contributed by atoms with Crippen LogP contribution in [0, 0.1) is 47.4 Å². The summed E-state index contributed by atoms with van der Waals surface area (Å²) in [7, 11) is 0. The first kappa shape index (κ1) is 56.7. The molecule has 0 unspecified atom stereocenters. The Bertz CT molecular complexity index is 2430. The van der Waals surface area contributed by atoms with Crippen molar-refractivity contribution in [3.05, 3.63) is 211 Å². The summed E-state index contributed by atoms with van der Waals surface area (Å²) in [4.78, 5) is 18.5. The summed E-state index contributed by atoms with van der Waals surface area (Å²) >= 11 is 6.65. The number of nitrogens with zero attached hydrogens (tertiary/aromatic N) is 4. The molecule has 10 heteroatoms. The molecule has 0 aromatic carbocycles. The zero-order valence-corrected chi connectivity index (χ0v) is 42.0. The predicted molar refractivity (Wildman–Crippen MR) is 288 cm³/mol. The van der Waals surface area contributed by atoms with E-state index < -0.39 is 0 Å². The highest BCUT2D eigenvalue weighted by Crippen LogP contribution is 2.09. The number of hydrogen-bond acceptors (Lipinski definition) is 10. The molecule has 8 rings (SSSR count). The van der Waals surface area contributed by atoms with Crippen LogP contribution in [0.2, 0.25) is 0 Å². The van der Waals surface area contributed by atoms with Crippen molar-refractivity contribution in [2.24, 2.45) is 0 Å². The van der Waals surface area contributed by atoms with Crippen molar-refractivity contribution in [3.8, 4) is 47.4 Å². The van der Waals surface area contributed by atoms with Gasteiger partial charge in [0, 0.05) is 40.4 Å². The molecule has 336 valence electrons. The molecule has 0 fully saturated rings. The summed E-state index contributed by atoms with van der Waals surface area (Å²) < 4.78 is 9.89. The second kappa shape index (κ2) is 41.7. The van der Waals surface area contributed by atoms with E-state index in [9.17, 15) is 0 Å². The molecule has 0 spiro atoms. The summed E-state index contributed by atoms with van der Waals surface area (Å²) in [5.74, 6) is 24.2. The zero-order chi connectivity index (χ0) is 48.0. The maximum Gasteiger partial charge on any atom is 0.176 e. The Balaban J connectivity index is 0.000000377.